The van der Waals surface area contributed by atoms with Gasteiger partial charge in [-0.15, -0.1) is 6.42 Å². The van der Waals surface area contributed by atoms with Gasteiger partial charge in [0.15, 0.2) is 0 Å². The molecule has 4 rings (SSSR count). The summed E-state index contributed by atoms with van der Waals surface area (Å²) in [6.07, 6.45) is 12.1. The molecule has 11 nitrogen and oxygen atoms in total. The Labute approximate surface area is 247 Å². The number of allylic oxidation sites excluding steroid dienone is 3. The molecule has 3 N–H and O–H groups in total. The number of anilines is 2. The molecule has 2 aromatic rings. The van der Waals surface area contributed by atoms with Gasteiger partial charge in [0, 0.05) is 57.6 Å². The number of nitriles is 1. The van der Waals surface area contributed by atoms with Gasteiger partial charge < -0.3 is 20.0 Å². The molecule has 2 aliphatic heterocycles. The van der Waals surface area contributed by atoms with E-state index in [9.17, 15) is 18.5 Å². The number of hydrogen-bond acceptors (Lipinski definition) is 9. The summed E-state index contributed by atoms with van der Waals surface area (Å²) >= 11 is 0. The van der Waals surface area contributed by atoms with Crippen molar-refractivity contribution in [3.63, 3.8) is 0 Å². The van der Waals surface area contributed by atoms with Gasteiger partial charge in [-0.1, -0.05) is 18.1 Å². The average Bonchev–Trinajstić information content (AvgIpc) is 2.98. The van der Waals surface area contributed by atoms with Crippen molar-refractivity contribution < 1.29 is 13.2 Å². The summed E-state index contributed by atoms with van der Waals surface area (Å²) in [6, 6.07) is 7.31. The molecule has 2 fully saturated rings. The van der Waals surface area contributed by atoms with Gasteiger partial charge in [0.05, 0.1) is 11.3 Å². The lowest BCUT2D eigenvalue weighted by atomic mass is 10.0. The molecule has 0 aromatic carbocycles. The zero-order valence-electron chi connectivity index (χ0n) is 24.2. The van der Waals surface area contributed by atoms with E-state index in [0.717, 1.165) is 42.8 Å². The SMILES string of the molecule is C#C/C=C(\C(C#N)=C/C)N1CCC(Nc2nc(C(=O)N3CCN(c4ncccc4S(N)(=O)=O)CC3)c(C)cc2C)CC1. The number of amides is 1. The number of hydrogen-bond donors (Lipinski definition) is 2. The molecular weight excluding hydrogens is 552 g/mol. The van der Waals surface area contributed by atoms with Crippen molar-refractivity contribution in [3.8, 4) is 18.4 Å². The fourth-order valence-corrected chi connectivity index (χ4v) is 6.08. The third-order valence-electron chi connectivity index (χ3n) is 7.61. The summed E-state index contributed by atoms with van der Waals surface area (Å²) in [4.78, 5) is 28.3. The number of sulfonamides is 1. The largest absolute Gasteiger partial charge is 0.370 e. The quantitative estimate of drug-likeness (QED) is 0.283. The lowest BCUT2D eigenvalue weighted by Crippen LogP contribution is -2.49. The van der Waals surface area contributed by atoms with E-state index < -0.39 is 10.0 Å². The molecule has 0 bridgehead atoms. The molecule has 0 saturated carbocycles. The first-order valence-electron chi connectivity index (χ1n) is 13.8. The van der Waals surface area contributed by atoms with Crippen LogP contribution in [0.1, 0.15) is 41.4 Å². The Hall–Kier alpha value is -4.39. The highest BCUT2D eigenvalue weighted by atomic mass is 32.2. The van der Waals surface area contributed by atoms with Gasteiger partial charge in [0.2, 0.25) is 10.0 Å². The molecule has 2 aliphatic rings. The first-order valence-corrected chi connectivity index (χ1v) is 15.4. The van der Waals surface area contributed by atoms with Gasteiger partial charge in [-0.05, 0) is 56.9 Å². The summed E-state index contributed by atoms with van der Waals surface area (Å²) in [5, 5.41) is 18.4. The number of aryl methyl sites for hydroxylation is 2. The molecule has 0 aliphatic carbocycles. The van der Waals surface area contributed by atoms with Crippen LogP contribution in [0.3, 0.4) is 0 Å². The average molecular weight is 589 g/mol. The summed E-state index contributed by atoms with van der Waals surface area (Å²) in [5.41, 5.74) is 3.46. The Bertz CT molecular complexity index is 1590. The number of aromatic nitrogens is 2. The van der Waals surface area contributed by atoms with Gasteiger partial charge in [-0.2, -0.15) is 5.26 Å². The van der Waals surface area contributed by atoms with Crippen molar-refractivity contribution in [1.29, 1.82) is 5.26 Å². The Balaban J connectivity index is 1.42. The maximum Gasteiger partial charge on any atom is 0.272 e. The van der Waals surface area contributed by atoms with Crippen LogP contribution in [0.5, 0.6) is 0 Å². The molecule has 4 heterocycles. The fourth-order valence-electron chi connectivity index (χ4n) is 5.37. The van der Waals surface area contributed by atoms with Crippen molar-refractivity contribution >= 4 is 27.6 Å². The van der Waals surface area contributed by atoms with Crippen LogP contribution in [0.25, 0.3) is 0 Å². The van der Waals surface area contributed by atoms with E-state index in [0.29, 0.717) is 49.1 Å². The molecule has 2 saturated heterocycles. The zero-order chi connectivity index (χ0) is 30.4. The molecule has 42 heavy (non-hydrogen) atoms. The summed E-state index contributed by atoms with van der Waals surface area (Å²) in [5.74, 6) is 3.35. The number of nitrogens with one attached hydrogen (secondary N) is 1. The van der Waals surface area contributed by atoms with Crippen LogP contribution in [-0.4, -0.2) is 79.4 Å². The van der Waals surface area contributed by atoms with Crippen molar-refractivity contribution in [2.24, 2.45) is 5.14 Å². The normalized spacial score (nSPS) is 17.0. The number of terminal acetylenes is 1. The van der Waals surface area contributed by atoms with Crippen LogP contribution in [0.15, 0.2) is 52.7 Å². The Morgan fingerprint density at radius 3 is 2.43 bits per heavy atom. The van der Waals surface area contributed by atoms with Gasteiger partial charge in [-0.25, -0.2) is 23.5 Å². The smallest absolute Gasteiger partial charge is 0.272 e. The minimum absolute atomic E-state index is 0.0296. The van der Waals surface area contributed by atoms with E-state index in [1.807, 2.05) is 31.7 Å². The van der Waals surface area contributed by atoms with Crippen LogP contribution >= 0.6 is 0 Å². The minimum atomic E-state index is -3.93. The molecule has 0 radical (unpaired) electrons. The number of nitrogens with zero attached hydrogens (tertiary/aromatic N) is 6. The van der Waals surface area contributed by atoms with Crippen LogP contribution in [0.2, 0.25) is 0 Å². The van der Waals surface area contributed by atoms with Gasteiger partial charge >= 0.3 is 0 Å². The highest BCUT2D eigenvalue weighted by Crippen LogP contribution is 2.26. The minimum Gasteiger partial charge on any atom is -0.370 e. The monoisotopic (exact) mass is 588 g/mol. The maximum absolute atomic E-state index is 13.6. The molecule has 12 heteroatoms. The van der Waals surface area contributed by atoms with Crippen molar-refractivity contribution in [2.45, 2.75) is 44.6 Å². The number of pyridine rings is 2. The van der Waals surface area contributed by atoms with E-state index in [-0.39, 0.29) is 16.8 Å². The Morgan fingerprint density at radius 1 is 1.14 bits per heavy atom. The van der Waals surface area contributed by atoms with E-state index in [1.165, 1.54) is 18.3 Å². The molecule has 2 aromatic heterocycles. The maximum atomic E-state index is 13.6. The summed E-state index contributed by atoms with van der Waals surface area (Å²) in [6.45, 7) is 8.74. The van der Waals surface area contributed by atoms with Gasteiger partial charge in [0.1, 0.15) is 28.3 Å². The summed E-state index contributed by atoms with van der Waals surface area (Å²) < 4.78 is 24.0. The third kappa shape index (κ3) is 6.73. The number of primary sulfonamides is 1. The van der Waals surface area contributed by atoms with E-state index in [4.69, 9.17) is 16.5 Å². The van der Waals surface area contributed by atoms with Crippen LogP contribution < -0.4 is 15.4 Å². The Morgan fingerprint density at radius 2 is 1.83 bits per heavy atom. The molecule has 220 valence electrons. The second-order valence-corrected chi connectivity index (χ2v) is 11.9. The van der Waals surface area contributed by atoms with Gasteiger partial charge in [0.25, 0.3) is 5.91 Å². The number of likely N-dealkylation sites (tertiary alicyclic amines) is 1. The van der Waals surface area contributed by atoms with Gasteiger partial charge in [-0.3, -0.25) is 4.79 Å². The topological polar surface area (TPSA) is 149 Å². The van der Waals surface area contributed by atoms with Crippen LogP contribution in [0, 0.1) is 37.5 Å². The molecule has 0 unspecified atom stereocenters. The number of carbonyl (C=O) groups excluding carboxylic acids is 1. The highest BCUT2D eigenvalue weighted by molar-refractivity contribution is 7.89. The van der Waals surface area contributed by atoms with Crippen molar-refractivity contribution in [3.05, 3.63) is 64.6 Å². The lowest BCUT2D eigenvalue weighted by molar-refractivity contribution is 0.0739. The third-order valence-corrected chi connectivity index (χ3v) is 8.54. The second-order valence-electron chi connectivity index (χ2n) is 10.4. The number of rotatable bonds is 7. The lowest BCUT2D eigenvalue weighted by Gasteiger charge is -2.36. The van der Waals surface area contributed by atoms with Crippen molar-refractivity contribution in [2.75, 3.05) is 49.5 Å². The molecule has 0 spiro atoms. The highest BCUT2D eigenvalue weighted by Gasteiger charge is 2.29. The number of nitrogens with two attached hydrogens (primary N) is 1. The van der Waals surface area contributed by atoms with Crippen LogP contribution in [0.4, 0.5) is 11.6 Å². The van der Waals surface area contributed by atoms with Crippen LogP contribution in [-0.2, 0) is 10.0 Å². The zero-order valence-corrected chi connectivity index (χ0v) is 25.0. The predicted molar refractivity (Wildman–Crippen MR) is 162 cm³/mol. The molecular formula is C30H36N8O3S. The standard InChI is InChI=1S/C30H36N8O3S/c1-5-8-25(23(6-2)20-31)36-13-10-24(11-14-36)34-28-22(4)19-21(3)27(35-28)30(39)38-17-15-37(16-18-38)29-26(42(32,40)41)9-7-12-33-29/h1,6-9,12,19,24H,10-11,13-18H2,2-4H3,(H,34,35)(H2,32,40,41)/b23-6-,25-8+. The Kier molecular flexibility index (Phi) is 9.51. The fraction of sp³-hybridized carbons (Fsp3) is 0.400. The first-order chi connectivity index (χ1) is 20.1. The second kappa shape index (κ2) is 13.1. The molecule has 1 amide bonds. The first kappa shape index (κ1) is 30.6. The van der Waals surface area contributed by atoms with Crippen molar-refractivity contribution in [1.82, 2.24) is 19.8 Å². The molecule has 0 atom stereocenters. The van der Waals surface area contributed by atoms with E-state index >= 15 is 0 Å². The predicted octanol–water partition coefficient (Wildman–Crippen LogP) is 2.57. The number of piperazine rings is 1. The van der Waals surface area contributed by atoms with E-state index in [1.54, 1.807) is 17.1 Å². The van der Waals surface area contributed by atoms with E-state index in [2.05, 4.69) is 27.2 Å². The number of piperidine rings is 1. The number of carbonyl (C=O) groups is 1. The summed E-state index contributed by atoms with van der Waals surface area (Å²) in [7, 11) is -3.93.